The smallest absolute Gasteiger partial charge is 0.326 e. The molecule has 1 aliphatic heterocycles. The number of halogens is 1. The summed E-state index contributed by atoms with van der Waals surface area (Å²) in [7, 11) is 1.51. The van der Waals surface area contributed by atoms with Gasteiger partial charge in [-0.25, -0.2) is 4.79 Å². The van der Waals surface area contributed by atoms with Gasteiger partial charge in [-0.3, -0.25) is 14.4 Å². The summed E-state index contributed by atoms with van der Waals surface area (Å²) in [6.45, 7) is 9.45. The lowest BCUT2D eigenvalue weighted by Gasteiger charge is -2.27. The van der Waals surface area contributed by atoms with E-state index in [1.165, 1.54) is 7.11 Å². The molecule has 0 unspecified atom stereocenters. The fourth-order valence-electron chi connectivity index (χ4n) is 4.68. The molecule has 37 heavy (non-hydrogen) atoms. The van der Waals surface area contributed by atoms with E-state index < -0.39 is 41.3 Å². The third-order valence-electron chi connectivity index (χ3n) is 6.33. The minimum Gasteiger partial charge on any atom is -0.496 e. The molecule has 1 aromatic heterocycles. The Balaban J connectivity index is 1.80. The number of fused-ring (bicyclic) bond motifs is 1. The Morgan fingerprint density at radius 2 is 1.89 bits per heavy atom. The maximum Gasteiger partial charge on any atom is 0.326 e. The van der Waals surface area contributed by atoms with Gasteiger partial charge in [0, 0.05) is 16.8 Å². The van der Waals surface area contributed by atoms with Crippen molar-refractivity contribution in [1.82, 2.24) is 20.9 Å². The molecule has 0 spiro atoms. The van der Waals surface area contributed by atoms with Crippen LogP contribution in [0.2, 0.25) is 5.02 Å². The molecule has 0 radical (unpaired) electrons. The number of carbonyl (C=O) groups is 4. The Hall–Kier alpha value is -3.27. The lowest BCUT2D eigenvalue weighted by molar-refractivity contribution is -0.143. The van der Waals surface area contributed by atoms with E-state index in [9.17, 15) is 24.3 Å². The van der Waals surface area contributed by atoms with Crippen molar-refractivity contribution in [3.05, 3.63) is 28.9 Å². The maximum absolute atomic E-state index is 13.3. The number of methoxy groups -OCH3 is 1. The van der Waals surface area contributed by atoms with E-state index in [0.717, 1.165) is 0 Å². The number of aromatic amines is 1. The average Bonchev–Trinajstić information content (AvgIpc) is 3.33. The minimum atomic E-state index is -1.28. The first-order chi connectivity index (χ1) is 17.1. The zero-order valence-electron chi connectivity index (χ0n) is 22.0. The fourth-order valence-corrected chi connectivity index (χ4v) is 4.89. The van der Waals surface area contributed by atoms with Gasteiger partial charge in [-0.15, -0.1) is 0 Å². The predicted molar refractivity (Wildman–Crippen MR) is 140 cm³/mol. The number of hydrogen-bond acceptors (Lipinski definition) is 5. The number of carbonyl (C=O) groups excluding carboxylic acids is 3. The molecular weight excluding hydrogens is 500 g/mol. The van der Waals surface area contributed by atoms with Crippen molar-refractivity contribution in [3.8, 4) is 5.75 Å². The van der Waals surface area contributed by atoms with E-state index in [1.807, 2.05) is 34.6 Å². The number of hydrogen-bond donors (Lipinski definition) is 5. The molecule has 2 aromatic rings. The van der Waals surface area contributed by atoms with E-state index in [0.29, 0.717) is 28.1 Å². The van der Waals surface area contributed by atoms with Crippen LogP contribution in [0, 0.1) is 11.3 Å². The molecule has 0 bridgehead atoms. The second-order valence-electron chi connectivity index (χ2n) is 11.4. The monoisotopic (exact) mass is 534 g/mol. The fraction of sp³-hybridized carbons (Fsp3) is 0.538. The van der Waals surface area contributed by atoms with E-state index >= 15 is 0 Å². The second-order valence-corrected chi connectivity index (χ2v) is 11.8. The van der Waals surface area contributed by atoms with Crippen molar-refractivity contribution in [2.24, 2.45) is 11.3 Å². The zero-order chi connectivity index (χ0) is 27.7. The molecule has 0 saturated carbocycles. The van der Waals surface area contributed by atoms with Gasteiger partial charge in [0.15, 0.2) is 0 Å². The normalized spacial score (nSPS) is 18.7. The number of ether oxygens (including phenoxy) is 1. The van der Waals surface area contributed by atoms with Gasteiger partial charge in [0.2, 0.25) is 11.8 Å². The van der Waals surface area contributed by atoms with E-state index in [1.54, 1.807) is 18.2 Å². The highest BCUT2D eigenvalue weighted by atomic mass is 35.5. The highest BCUT2D eigenvalue weighted by molar-refractivity contribution is 6.35. The Bertz CT molecular complexity index is 1220. The second kappa shape index (κ2) is 10.6. The van der Waals surface area contributed by atoms with Crippen LogP contribution in [0.15, 0.2) is 18.2 Å². The van der Waals surface area contributed by atoms with E-state index in [-0.39, 0.29) is 29.9 Å². The SMILES string of the molecule is COc1ccc(Cl)c2[nH]c(C(=O)N[C@@H](CC(C)(C)C)C(=O)N[C@@H](C[C@@H]3CC(C)(C)NC3=O)C(=O)O)cc12. The van der Waals surface area contributed by atoms with Crippen LogP contribution in [-0.4, -0.2) is 58.5 Å². The van der Waals surface area contributed by atoms with Crippen molar-refractivity contribution in [3.63, 3.8) is 0 Å². The van der Waals surface area contributed by atoms with Gasteiger partial charge in [0.25, 0.3) is 5.91 Å². The Morgan fingerprint density at radius 3 is 2.43 bits per heavy atom. The first-order valence-electron chi connectivity index (χ1n) is 12.1. The molecule has 3 amide bonds. The number of carboxylic acids is 1. The average molecular weight is 535 g/mol. The molecule has 3 rings (SSSR count). The Labute approximate surface area is 220 Å². The first kappa shape index (κ1) is 28.3. The van der Waals surface area contributed by atoms with E-state index in [4.69, 9.17) is 16.3 Å². The van der Waals surface area contributed by atoms with E-state index in [2.05, 4.69) is 20.9 Å². The predicted octanol–water partition coefficient (Wildman–Crippen LogP) is 3.24. The molecule has 2 heterocycles. The molecular formula is C26H35ClN4O6. The molecule has 10 nitrogen and oxygen atoms in total. The van der Waals surface area contributed by atoms with Crippen LogP contribution in [0.3, 0.4) is 0 Å². The standard InChI is InChI=1S/C26H35ClN4O6/c1-25(2,3)12-18(23(34)29-17(24(35)36)9-13-11-26(4,5)31-21(13)32)30-22(33)16-10-14-19(37-6)8-7-15(27)20(14)28-16/h7-8,10,13,17-18,28H,9,11-12H2,1-6H3,(H,29,34)(H,30,33)(H,31,32)(H,35,36)/t13-,17+,18+/m1/s1. The number of aromatic nitrogens is 1. The lowest BCUT2D eigenvalue weighted by atomic mass is 9.87. The molecule has 1 aromatic carbocycles. The molecule has 3 atom stereocenters. The molecule has 1 saturated heterocycles. The highest BCUT2D eigenvalue weighted by Crippen LogP contribution is 2.32. The van der Waals surface area contributed by atoms with Crippen LogP contribution in [-0.2, 0) is 14.4 Å². The van der Waals surface area contributed by atoms with Crippen LogP contribution < -0.4 is 20.7 Å². The zero-order valence-corrected chi connectivity index (χ0v) is 22.7. The molecule has 1 fully saturated rings. The third-order valence-corrected chi connectivity index (χ3v) is 6.64. The number of aliphatic carboxylic acids is 1. The van der Waals surface area contributed by atoms with Crippen molar-refractivity contribution in [1.29, 1.82) is 0 Å². The third kappa shape index (κ3) is 6.94. The van der Waals surface area contributed by atoms with Crippen molar-refractivity contribution in [2.45, 2.75) is 71.5 Å². The number of amides is 3. The summed E-state index contributed by atoms with van der Waals surface area (Å²) in [5, 5.41) is 18.9. The molecule has 11 heteroatoms. The van der Waals surface area contributed by atoms with Crippen LogP contribution in [0.5, 0.6) is 5.75 Å². The molecule has 202 valence electrons. The first-order valence-corrected chi connectivity index (χ1v) is 12.5. The van der Waals surface area contributed by atoms with Gasteiger partial charge in [0.1, 0.15) is 23.5 Å². The summed E-state index contributed by atoms with van der Waals surface area (Å²) in [5.74, 6) is -2.69. The molecule has 0 aliphatic carbocycles. The topological polar surface area (TPSA) is 150 Å². The van der Waals surface area contributed by atoms with Gasteiger partial charge in [-0.1, -0.05) is 32.4 Å². The lowest BCUT2D eigenvalue weighted by Crippen LogP contribution is -2.53. The Morgan fingerprint density at radius 1 is 1.22 bits per heavy atom. The summed E-state index contributed by atoms with van der Waals surface area (Å²) in [6.07, 6.45) is 0.658. The summed E-state index contributed by atoms with van der Waals surface area (Å²) >= 11 is 6.27. The van der Waals surface area contributed by atoms with Gasteiger partial charge >= 0.3 is 5.97 Å². The van der Waals surface area contributed by atoms with Crippen LogP contribution in [0.4, 0.5) is 0 Å². The number of rotatable bonds is 9. The number of nitrogens with one attached hydrogen (secondary N) is 4. The summed E-state index contributed by atoms with van der Waals surface area (Å²) in [4.78, 5) is 53.7. The highest BCUT2D eigenvalue weighted by Gasteiger charge is 2.40. The number of benzene rings is 1. The molecule has 5 N–H and O–H groups in total. The minimum absolute atomic E-state index is 0.0488. The van der Waals surface area contributed by atoms with Gasteiger partial charge in [-0.2, -0.15) is 0 Å². The van der Waals surface area contributed by atoms with Crippen molar-refractivity contribution < 1.29 is 29.0 Å². The quantitative estimate of drug-likeness (QED) is 0.333. The molecule has 1 aliphatic rings. The summed E-state index contributed by atoms with van der Waals surface area (Å²) in [5.41, 5.74) is -0.113. The van der Waals surface area contributed by atoms with Crippen LogP contribution >= 0.6 is 11.6 Å². The summed E-state index contributed by atoms with van der Waals surface area (Å²) < 4.78 is 5.34. The van der Waals surface area contributed by atoms with Gasteiger partial charge < -0.3 is 30.8 Å². The van der Waals surface area contributed by atoms with Crippen molar-refractivity contribution >= 4 is 46.2 Å². The van der Waals surface area contributed by atoms with Crippen molar-refractivity contribution in [2.75, 3.05) is 7.11 Å². The van der Waals surface area contributed by atoms with Crippen LogP contribution in [0.1, 0.15) is 64.4 Å². The van der Waals surface area contributed by atoms with Gasteiger partial charge in [0.05, 0.1) is 17.6 Å². The number of carboxylic acid groups (broad SMARTS) is 1. The number of H-pyrrole nitrogens is 1. The summed E-state index contributed by atoms with van der Waals surface area (Å²) in [6, 6.07) is 2.62. The largest absolute Gasteiger partial charge is 0.496 e. The Kier molecular flexibility index (Phi) is 8.12. The van der Waals surface area contributed by atoms with Gasteiger partial charge in [-0.05, 0) is 56.7 Å². The van der Waals surface area contributed by atoms with Crippen LogP contribution in [0.25, 0.3) is 10.9 Å². The maximum atomic E-state index is 13.3.